The average molecular weight is 407 g/mol. The molecule has 1 aliphatic rings. The number of benzene rings is 1. The first-order chi connectivity index (χ1) is 14.7. The summed E-state index contributed by atoms with van der Waals surface area (Å²) < 4.78 is 10.9. The Balaban J connectivity index is 1.33. The second-order valence-electron chi connectivity index (χ2n) is 7.41. The summed E-state index contributed by atoms with van der Waals surface area (Å²) in [5.74, 6) is 2.29. The second kappa shape index (κ2) is 9.47. The molecule has 0 aliphatic carbocycles. The van der Waals surface area contributed by atoms with Crippen LogP contribution < -0.4 is 4.74 Å². The normalized spacial score (nSPS) is 16.4. The minimum absolute atomic E-state index is 0.148. The number of likely N-dealkylation sites (tertiary alicyclic amines) is 1. The molecule has 0 spiro atoms. The van der Waals surface area contributed by atoms with Gasteiger partial charge in [-0.3, -0.25) is 9.78 Å². The van der Waals surface area contributed by atoms with Gasteiger partial charge in [0.2, 0.25) is 17.6 Å². The van der Waals surface area contributed by atoms with E-state index < -0.39 is 0 Å². The lowest BCUT2D eigenvalue weighted by atomic mass is 9.94. The first-order valence-corrected chi connectivity index (χ1v) is 10.3. The van der Waals surface area contributed by atoms with Gasteiger partial charge in [0.15, 0.2) is 0 Å². The van der Waals surface area contributed by atoms with Gasteiger partial charge in [0.05, 0.1) is 19.2 Å². The van der Waals surface area contributed by atoms with E-state index >= 15 is 0 Å². The Morgan fingerprint density at radius 1 is 1.27 bits per heavy atom. The zero-order valence-electron chi connectivity index (χ0n) is 17.0. The molecule has 30 heavy (non-hydrogen) atoms. The first-order valence-electron chi connectivity index (χ1n) is 10.3. The Kier molecular flexibility index (Phi) is 6.32. The van der Waals surface area contributed by atoms with E-state index in [1.165, 1.54) is 0 Å². The highest BCUT2D eigenvalue weighted by molar-refractivity contribution is 5.78. The Morgan fingerprint density at radius 3 is 2.90 bits per heavy atom. The summed E-state index contributed by atoms with van der Waals surface area (Å²) in [4.78, 5) is 27.4. The van der Waals surface area contributed by atoms with Gasteiger partial charge in [0, 0.05) is 31.9 Å². The van der Waals surface area contributed by atoms with Gasteiger partial charge in [-0.25, -0.2) is 4.98 Å². The highest BCUT2D eigenvalue weighted by Crippen LogP contribution is 2.22. The van der Waals surface area contributed by atoms with E-state index in [1.807, 2.05) is 36.1 Å². The average Bonchev–Trinajstić information content (AvgIpc) is 3.24. The number of carbonyl (C=O) groups excluding carboxylic acids is 1. The van der Waals surface area contributed by atoms with Crippen molar-refractivity contribution < 1.29 is 14.1 Å². The quantitative estimate of drug-likeness (QED) is 0.594. The van der Waals surface area contributed by atoms with E-state index in [1.54, 1.807) is 18.6 Å². The van der Waals surface area contributed by atoms with Crippen molar-refractivity contribution in [3.63, 3.8) is 0 Å². The van der Waals surface area contributed by atoms with Crippen molar-refractivity contribution in [2.24, 2.45) is 5.92 Å². The lowest BCUT2D eigenvalue weighted by Crippen LogP contribution is -2.41. The fourth-order valence-corrected chi connectivity index (χ4v) is 3.72. The third-order valence-electron chi connectivity index (χ3n) is 5.19. The summed E-state index contributed by atoms with van der Waals surface area (Å²) in [6.07, 6.45) is 7.87. The van der Waals surface area contributed by atoms with Crippen LogP contribution in [0.2, 0.25) is 0 Å². The van der Waals surface area contributed by atoms with E-state index in [2.05, 4.69) is 20.1 Å². The zero-order chi connectivity index (χ0) is 20.8. The number of ether oxygens (including phenoxy) is 1. The molecule has 0 bridgehead atoms. The van der Waals surface area contributed by atoms with Gasteiger partial charge in [-0.1, -0.05) is 17.3 Å². The monoisotopic (exact) mass is 407 g/mol. The van der Waals surface area contributed by atoms with Gasteiger partial charge < -0.3 is 14.2 Å². The number of hydrogen-bond acceptors (Lipinski definition) is 7. The third kappa shape index (κ3) is 5.00. The van der Waals surface area contributed by atoms with Crippen LogP contribution in [-0.4, -0.2) is 50.6 Å². The van der Waals surface area contributed by atoms with Crippen molar-refractivity contribution in [3.05, 3.63) is 54.3 Å². The van der Waals surface area contributed by atoms with Crippen molar-refractivity contribution >= 4 is 5.91 Å². The van der Waals surface area contributed by atoms with E-state index in [-0.39, 0.29) is 5.91 Å². The number of rotatable bonds is 7. The molecule has 1 saturated heterocycles. The molecule has 1 aromatic carbocycles. The molecule has 4 rings (SSSR count). The molecule has 0 radical (unpaired) electrons. The summed E-state index contributed by atoms with van der Waals surface area (Å²) in [7, 11) is 0. The van der Waals surface area contributed by atoms with Crippen LogP contribution in [-0.2, 0) is 17.6 Å². The van der Waals surface area contributed by atoms with Crippen molar-refractivity contribution in [2.45, 2.75) is 32.6 Å². The van der Waals surface area contributed by atoms with Crippen molar-refractivity contribution in [1.29, 1.82) is 0 Å². The summed E-state index contributed by atoms with van der Waals surface area (Å²) in [6.45, 7) is 4.09. The smallest absolute Gasteiger partial charge is 0.227 e. The number of hydrogen-bond donors (Lipinski definition) is 0. The second-order valence-corrected chi connectivity index (χ2v) is 7.41. The molecule has 2 aromatic heterocycles. The topological polar surface area (TPSA) is 94.2 Å². The summed E-state index contributed by atoms with van der Waals surface area (Å²) >= 11 is 0. The Hall–Kier alpha value is -3.29. The Labute approximate surface area is 175 Å². The third-order valence-corrected chi connectivity index (χ3v) is 5.19. The lowest BCUT2D eigenvalue weighted by Gasteiger charge is -2.32. The number of carbonyl (C=O) groups is 1. The summed E-state index contributed by atoms with van der Waals surface area (Å²) in [5.41, 5.74) is 1.58. The molecule has 1 atom stereocenters. The minimum Gasteiger partial charge on any atom is -0.494 e. The highest BCUT2D eigenvalue weighted by Gasteiger charge is 2.25. The molecular formula is C22H25N5O3. The highest BCUT2D eigenvalue weighted by atomic mass is 16.5. The van der Waals surface area contributed by atoms with Gasteiger partial charge in [0.25, 0.3) is 0 Å². The predicted octanol–water partition coefficient (Wildman–Crippen LogP) is 2.95. The molecule has 1 aliphatic heterocycles. The number of piperidine rings is 1. The maximum absolute atomic E-state index is 12.8. The van der Waals surface area contributed by atoms with Gasteiger partial charge >= 0.3 is 0 Å². The van der Waals surface area contributed by atoms with Crippen LogP contribution in [0, 0.1) is 5.92 Å². The van der Waals surface area contributed by atoms with Gasteiger partial charge in [-0.05, 0) is 43.4 Å². The van der Waals surface area contributed by atoms with E-state index in [4.69, 9.17) is 9.26 Å². The molecule has 0 saturated carbocycles. The number of amides is 1. The molecule has 156 valence electrons. The van der Waals surface area contributed by atoms with Crippen molar-refractivity contribution in [1.82, 2.24) is 25.0 Å². The van der Waals surface area contributed by atoms with Crippen LogP contribution in [0.3, 0.4) is 0 Å². The van der Waals surface area contributed by atoms with Crippen molar-refractivity contribution in [3.8, 4) is 17.3 Å². The largest absolute Gasteiger partial charge is 0.494 e. The van der Waals surface area contributed by atoms with E-state index in [0.29, 0.717) is 49.3 Å². The van der Waals surface area contributed by atoms with Gasteiger partial charge in [-0.15, -0.1) is 0 Å². The molecule has 1 amide bonds. The fraction of sp³-hybridized carbons (Fsp3) is 0.409. The van der Waals surface area contributed by atoms with Crippen LogP contribution in [0.15, 0.2) is 47.4 Å². The minimum atomic E-state index is 0.148. The van der Waals surface area contributed by atoms with E-state index in [9.17, 15) is 4.79 Å². The first kappa shape index (κ1) is 20.0. The molecular weight excluding hydrogens is 382 g/mol. The number of aromatic nitrogens is 4. The van der Waals surface area contributed by atoms with Crippen LogP contribution in [0.5, 0.6) is 5.75 Å². The van der Waals surface area contributed by atoms with E-state index in [0.717, 1.165) is 30.7 Å². The molecule has 3 heterocycles. The van der Waals surface area contributed by atoms with Crippen LogP contribution in [0.1, 0.15) is 31.2 Å². The Bertz CT molecular complexity index is 958. The Morgan fingerprint density at radius 2 is 2.13 bits per heavy atom. The van der Waals surface area contributed by atoms with Gasteiger partial charge in [-0.2, -0.15) is 4.98 Å². The van der Waals surface area contributed by atoms with Crippen LogP contribution >= 0.6 is 0 Å². The number of nitrogens with zero attached hydrogens (tertiary/aromatic N) is 5. The van der Waals surface area contributed by atoms with Crippen LogP contribution in [0.25, 0.3) is 11.5 Å². The molecule has 1 fully saturated rings. The fourth-order valence-electron chi connectivity index (χ4n) is 3.72. The SMILES string of the molecule is CCOc1ccc(CC(=O)N2CCCC(Cc3nc(-c4cnccn4)no3)C2)cc1. The van der Waals surface area contributed by atoms with Crippen LogP contribution in [0.4, 0.5) is 0 Å². The van der Waals surface area contributed by atoms with Crippen molar-refractivity contribution in [2.75, 3.05) is 19.7 Å². The summed E-state index contributed by atoms with van der Waals surface area (Å²) in [5, 5.41) is 4.00. The summed E-state index contributed by atoms with van der Waals surface area (Å²) in [6, 6.07) is 7.73. The van der Waals surface area contributed by atoms with Gasteiger partial charge in [0.1, 0.15) is 11.4 Å². The lowest BCUT2D eigenvalue weighted by molar-refractivity contribution is -0.132. The maximum Gasteiger partial charge on any atom is 0.227 e. The zero-order valence-corrected chi connectivity index (χ0v) is 17.0. The predicted molar refractivity (Wildman–Crippen MR) is 110 cm³/mol. The maximum atomic E-state index is 12.8. The molecule has 0 N–H and O–H groups in total. The standard InChI is InChI=1S/C22H25N5O3/c1-2-29-18-7-5-16(6-8-18)13-21(28)27-11-3-4-17(15-27)12-20-25-22(26-30-20)19-14-23-9-10-24-19/h5-10,14,17H,2-4,11-13,15H2,1H3. The molecule has 1 unspecified atom stereocenters. The molecule has 3 aromatic rings. The molecule has 8 heteroatoms. The molecule has 8 nitrogen and oxygen atoms in total.